The summed E-state index contributed by atoms with van der Waals surface area (Å²) >= 11 is -1.92. The van der Waals surface area contributed by atoms with Crippen molar-refractivity contribution >= 4 is 0 Å². The summed E-state index contributed by atoms with van der Waals surface area (Å²) < 4.78 is 4.94. The fourth-order valence-electron chi connectivity index (χ4n) is 1.80. The van der Waals surface area contributed by atoms with E-state index in [4.69, 9.17) is 0 Å². The first-order valence-electron chi connectivity index (χ1n) is 5.26. The molecule has 0 unspecified atom stereocenters. The molecular formula is C12H18N2Ru. The Hall–Kier alpha value is -0.817. The topological polar surface area (TPSA) is 9.86 Å². The second kappa shape index (κ2) is 4.36. The van der Waals surface area contributed by atoms with Crippen LogP contribution in [0.15, 0.2) is 49.1 Å². The molecule has 2 heterocycles. The molecular weight excluding hydrogens is 273 g/mol. The minimum atomic E-state index is -1.92. The predicted octanol–water partition coefficient (Wildman–Crippen LogP) is 3.55. The summed E-state index contributed by atoms with van der Waals surface area (Å²) in [4.78, 5) is 0. The van der Waals surface area contributed by atoms with Gasteiger partial charge in [-0.1, -0.05) is 0 Å². The Labute approximate surface area is 94.9 Å². The van der Waals surface area contributed by atoms with Crippen molar-refractivity contribution in [2.75, 3.05) is 0 Å². The molecule has 0 fully saturated rings. The quantitative estimate of drug-likeness (QED) is 0.763. The average Bonchev–Trinajstić information content (AvgIpc) is 2.92. The van der Waals surface area contributed by atoms with Crippen LogP contribution in [0.1, 0.15) is 13.8 Å². The van der Waals surface area contributed by atoms with E-state index in [2.05, 4.69) is 69.5 Å². The zero-order valence-corrected chi connectivity index (χ0v) is 11.0. The molecule has 0 saturated heterocycles. The van der Waals surface area contributed by atoms with Gasteiger partial charge in [0.2, 0.25) is 0 Å². The van der Waals surface area contributed by atoms with Crippen LogP contribution < -0.4 is 0 Å². The van der Waals surface area contributed by atoms with Crippen LogP contribution in [0.2, 0.25) is 10.0 Å². The van der Waals surface area contributed by atoms with Crippen molar-refractivity contribution in [2.24, 2.45) is 0 Å². The van der Waals surface area contributed by atoms with Gasteiger partial charge in [0.05, 0.1) is 0 Å². The van der Waals surface area contributed by atoms with Crippen molar-refractivity contribution in [1.29, 1.82) is 0 Å². The van der Waals surface area contributed by atoms with E-state index in [0.717, 1.165) is 0 Å². The average molecular weight is 291 g/mol. The molecule has 0 atom stereocenters. The first-order valence-corrected chi connectivity index (χ1v) is 9.28. The molecule has 0 bridgehead atoms. The van der Waals surface area contributed by atoms with Gasteiger partial charge >= 0.3 is 94.8 Å². The standard InChI is InChI=1S/2C4H4N.2C2H5.Ru/c2*1-2-4-5-3-1;2*1-2;/h2*1-4H;2*1H2,2H3;/q2*-1;;;+2. The first kappa shape index (κ1) is 10.7. The molecule has 0 aliphatic rings. The molecule has 0 N–H and O–H groups in total. The number of rotatable bonds is 4. The Kier molecular flexibility index (Phi) is 3.11. The van der Waals surface area contributed by atoms with E-state index in [1.165, 1.54) is 10.0 Å². The normalized spacial score (nSPS) is 12.9. The van der Waals surface area contributed by atoms with Crippen molar-refractivity contribution in [1.82, 2.24) is 6.62 Å². The summed E-state index contributed by atoms with van der Waals surface area (Å²) in [5.41, 5.74) is 0. The van der Waals surface area contributed by atoms with Crippen molar-refractivity contribution in [2.45, 2.75) is 23.9 Å². The van der Waals surface area contributed by atoms with Crippen LogP contribution in [-0.2, 0) is 15.3 Å². The fraction of sp³-hybridized carbons (Fsp3) is 0.333. The summed E-state index contributed by atoms with van der Waals surface area (Å²) in [5.74, 6) is 0. The molecule has 2 aromatic rings. The van der Waals surface area contributed by atoms with E-state index in [1.54, 1.807) is 0 Å². The SMILES string of the molecule is C[CH2][Ru]([CH2]C)([n]1cccc1)[n]1cccc1. The van der Waals surface area contributed by atoms with Gasteiger partial charge in [-0.05, 0) is 0 Å². The van der Waals surface area contributed by atoms with Crippen molar-refractivity contribution < 1.29 is 15.3 Å². The monoisotopic (exact) mass is 292 g/mol. The summed E-state index contributed by atoms with van der Waals surface area (Å²) in [6.45, 7) is 4.63. The summed E-state index contributed by atoms with van der Waals surface area (Å²) in [6.07, 6.45) is 8.89. The third-order valence-corrected chi connectivity index (χ3v) is 10.9. The van der Waals surface area contributed by atoms with Crippen LogP contribution in [0.4, 0.5) is 0 Å². The van der Waals surface area contributed by atoms with Gasteiger partial charge in [0.15, 0.2) is 0 Å². The van der Waals surface area contributed by atoms with E-state index in [9.17, 15) is 0 Å². The number of hydrogen-bond acceptors (Lipinski definition) is 0. The van der Waals surface area contributed by atoms with Crippen LogP contribution in [0.5, 0.6) is 0 Å². The molecule has 84 valence electrons. The molecule has 15 heavy (non-hydrogen) atoms. The molecule has 0 aromatic carbocycles. The van der Waals surface area contributed by atoms with Crippen LogP contribution >= 0.6 is 0 Å². The molecule has 2 nitrogen and oxygen atoms in total. The van der Waals surface area contributed by atoms with E-state index in [-0.39, 0.29) is 0 Å². The van der Waals surface area contributed by atoms with Gasteiger partial charge in [0, 0.05) is 0 Å². The molecule has 0 spiro atoms. The van der Waals surface area contributed by atoms with E-state index in [1.807, 2.05) is 0 Å². The zero-order chi connectivity index (χ0) is 10.7. The van der Waals surface area contributed by atoms with Gasteiger partial charge in [-0.15, -0.1) is 0 Å². The van der Waals surface area contributed by atoms with Gasteiger partial charge in [0.1, 0.15) is 0 Å². The van der Waals surface area contributed by atoms with Crippen LogP contribution in [0.25, 0.3) is 0 Å². The number of nitrogens with zero attached hydrogens (tertiary/aromatic N) is 2. The van der Waals surface area contributed by atoms with Crippen molar-refractivity contribution in [3.8, 4) is 0 Å². The Morgan fingerprint density at radius 2 is 1.07 bits per heavy atom. The van der Waals surface area contributed by atoms with E-state index in [0.29, 0.717) is 0 Å². The number of aromatic nitrogens is 2. The maximum absolute atomic E-state index is 2.47. The maximum atomic E-state index is 2.47. The third-order valence-electron chi connectivity index (χ3n) is 2.60. The Balaban J connectivity index is 2.50. The Bertz CT molecular complexity index is 349. The molecule has 0 amide bonds. The summed E-state index contributed by atoms with van der Waals surface area (Å²) in [5, 5.41) is 2.52. The molecule has 2 aromatic heterocycles. The second-order valence-electron chi connectivity index (χ2n) is 3.22. The van der Waals surface area contributed by atoms with Crippen LogP contribution in [-0.4, -0.2) is 6.62 Å². The summed E-state index contributed by atoms with van der Waals surface area (Å²) in [7, 11) is 0. The minimum absolute atomic E-state index is 1.26. The fourth-order valence-corrected chi connectivity index (χ4v) is 8.20. The van der Waals surface area contributed by atoms with Crippen LogP contribution in [0.3, 0.4) is 0 Å². The number of hydrogen-bond donors (Lipinski definition) is 0. The summed E-state index contributed by atoms with van der Waals surface area (Å²) in [6, 6.07) is 8.52. The molecule has 3 heteroatoms. The van der Waals surface area contributed by atoms with E-state index >= 15 is 0 Å². The molecule has 0 aliphatic heterocycles. The third kappa shape index (κ3) is 1.70. The molecule has 0 aliphatic carbocycles. The zero-order valence-electron chi connectivity index (χ0n) is 9.28. The Morgan fingerprint density at radius 1 is 0.733 bits per heavy atom. The van der Waals surface area contributed by atoms with Gasteiger partial charge < -0.3 is 0 Å². The predicted molar refractivity (Wildman–Crippen MR) is 60.6 cm³/mol. The van der Waals surface area contributed by atoms with E-state index < -0.39 is 15.3 Å². The molecule has 0 saturated carbocycles. The van der Waals surface area contributed by atoms with Gasteiger partial charge in [-0.25, -0.2) is 0 Å². The van der Waals surface area contributed by atoms with Crippen molar-refractivity contribution in [3.63, 3.8) is 0 Å². The Morgan fingerprint density at radius 3 is 1.33 bits per heavy atom. The van der Waals surface area contributed by atoms with Gasteiger partial charge in [-0.3, -0.25) is 0 Å². The van der Waals surface area contributed by atoms with Crippen LogP contribution in [0, 0.1) is 0 Å². The second-order valence-corrected chi connectivity index (χ2v) is 10.9. The van der Waals surface area contributed by atoms with Gasteiger partial charge in [0.25, 0.3) is 0 Å². The molecule has 2 rings (SSSR count). The van der Waals surface area contributed by atoms with Crippen molar-refractivity contribution in [3.05, 3.63) is 49.1 Å². The van der Waals surface area contributed by atoms with Gasteiger partial charge in [-0.2, -0.15) is 0 Å². The first-order chi connectivity index (χ1) is 7.33. The molecule has 0 radical (unpaired) electrons.